The van der Waals surface area contributed by atoms with Gasteiger partial charge < -0.3 is 10.2 Å². The van der Waals surface area contributed by atoms with Gasteiger partial charge in [-0.1, -0.05) is 6.07 Å². The second-order valence-electron chi connectivity index (χ2n) is 8.38. The van der Waals surface area contributed by atoms with Gasteiger partial charge in [0.05, 0.1) is 16.5 Å². The van der Waals surface area contributed by atoms with Crippen molar-refractivity contribution in [2.75, 3.05) is 31.5 Å². The number of nitrogens with one attached hydrogen (secondary N) is 1. The third-order valence-corrected chi connectivity index (χ3v) is 8.13. The number of amides is 2. The van der Waals surface area contributed by atoms with Crippen LogP contribution in [0.2, 0.25) is 0 Å². The number of sulfonamides is 1. The Kier molecular flexibility index (Phi) is 6.77. The fourth-order valence-electron chi connectivity index (χ4n) is 4.29. The van der Waals surface area contributed by atoms with E-state index in [0.29, 0.717) is 29.7 Å². The molecular formula is C24H26N4O4S. The first-order chi connectivity index (χ1) is 15.9. The summed E-state index contributed by atoms with van der Waals surface area (Å²) in [4.78, 5) is 27.4. The quantitative estimate of drug-likeness (QED) is 0.729. The zero-order chi connectivity index (χ0) is 23.4. The molecule has 2 aromatic rings. The summed E-state index contributed by atoms with van der Waals surface area (Å²) in [6.45, 7) is 2.01. The van der Waals surface area contributed by atoms with Gasteiger partial charge >= 0.3 is 0 Å². The number of carbonyl (C=O) groups excluding carboxylic acids is 2. The Balaban J connectivity index is 1.35. The number of hydrogen-bond acceptors (Lipinski definition) is 5. The maximum absolute atomic E-state index is 12.9. The molecule has 2 saturated heterocycles. The summed E-state index contributed by atoms with van der Waals surface area (Å²) in [5.41, 5.74) is 1.52. The third-order valence-electron chi connectivity index (χ3n) is 6.22. The van der Waals surface area contributed by atoms with E-state index in [1.165, 1.54) is 28.6 Å². The lowest BCUT2D eigenvalue weighted by molar-refractivity contribution is -0.120. The molecule has 172 valence electrons. The average Bonchev–Trinajstić information content (AvgIpc) is 3.39. The highest BCUT2D eigenvalue weighted by Gasteiger charge is 2.32. The highest BCUT2D eigenvalue weighted by Crippen LogP contribution is 2.25. The molecule has 0 bridgehead atoms. The van der Waals surface area contributed by atoms with Crippen LogP contribution in [0.25, 0.3) is 0 Å². The maximum Gasteiger partial charge on any atom is 0.253 e. The van der Waals surface area contributed by atoms with Gasteiger partial charge in [-0.3, -0.25) is 9.59 Å². The molecule has 0 spiro atoms. The number of hydrogen-bond donors (Lipinski definition) is 1. The molecular weight excluding hydrogens is 440 g/mol. The van der Waals surface area contributed by atoms with Gasteiger partial charge in [0.15, 0.2) is 0 Å². The van der Waals surface area contributed by atoms with E-state index in [9.17, 15) is 18.0 Å². The maximum atomic E-state index is 12.9. The molecule has 0 radical (unpaired) electrons. The summed E-state index contributed by atoms with van der Waals surface area (Å²) in [6.07, 6.45) is 2.85. The van der Waals surface area contributed by atoms with E-state index in [1.54, 1.807) is 24.3 Å². The highest BCUT2D eigenvalue weighted by atomic mass is 32.2. The van der Waals surface area contributed by atoms with Crippen LogP contribution in [0, 0.1) is 17.2 Å². The van der Waals surface area contributed by atoms with Gasteiger partial charge in [-0.2, -0.15) is 9.57 Å². The Morgan fingerprint density at radius 2 is 1.64 bits per heavy atom. The van der Waals surface area contributed by atoms with Gasteiger partial charge in [-0.15, -0.1) is 0 Å². The van der Waals surface area contributed by atoms with Gasteiger partial charge in [-0.25, -0.2) is 8.42 Å². The molecule has 4 rings (SSSR count). The standard InChI is InChI=1S/C24H26N4O4S/c25-17-18-6-8-22(9-7-18)33(31,32)28-14-10-19(11-15-28)23(29)26-21-5-3-4-20(16-21)24(30)27-12-1-2-13-27/h3-9,16,19H,1-2,10-15H2,(H,26,29). The highest BCUT2D eigenvalue weighted by molar-refractivity contribution is 7.89. The Labute approximate surface area is 193 Å². The van der Waals surface area contributed by atoms with Crippen LogP contribution in [-0.2, 0) is 14.8 Å². The number of anilines is 1. The van der Waals surface area contributed by atoms with Crippen molar-refractivity contribution in [1.29, 1.82) is 5.26 Å². The number of benzene rings is 2. The smallest absolute Gasteiger partial charge is 0.253 e. The first-order valence-electron chi connectivity index (χ1n) is 11.1. The Morgan fingerprint density at radius 3 is 2.27 bits per heavy atom. The molecule has 1 N–H and O–H groups in total. The second-order valence-corrected chi connectivity index (χ2v) is 10.3. The van der Waals surface area contributed by atoms with Gasteiger partial charge in [0.25, 0.3) is 5.91 Å². The minimum absolute atomic E-state index is 0.0232. The van der Waals surface area contributed by atoms with E-state index in [-0.39, 0.29) is 35.7 Å². The SMILES string of the molecule is N#Cc1ccc(S(=O)(=O)N2CCC(C(=O)Nc3cccc(C(=O)N4CCCC4)c3)CC2)cc1. The predicted octanol–water partition coefficient (Wildman–Crippen LogP) is 2.83. The lowest BCUT2D eigenvalue weighted by atomic mass is 9.97. The van der Waals surface area contributed by atoms with Crippen LogP contribution in [0.5, 0.6) is 0 Å². The Morgan fingerprint density at radius 1 is 0.970 bits per heavy atom. The minimum atomic E-state index is -3.67. The largest absolute Gasteiger partial charge is 0.339 e. The summed E-state index contributed by atoms with van der Waals surface area (Å²) in [7, 11) is -3.67. The molecule has 2 amide bonds. The van der Waals surface area contributed by atoms with E-state index in [4.69, 9.17) is 5.26 Å². The summed E-state index contributed by atoms with van der Waals surface area (Å²) in [6, 6.07) is 14.8. The molecule has 9 heteroatoms. The zero-order valence-corrected chi connectivity index (χ0v) is 19.1. The van der Waals surface area contributed by atoms with Crippen LogP contribution in [0.3, 0.4) is 0 Å². The number of rotatable bonds is 5. The summed E-state index contributed by atoms with van der Waals surface area (Å²) in [5, 5.41) is 11.8. The lowest BCUT2D eigenvalue weighted by Crippen LogP contribution is -2.41. The molecule has 0 unspecified atom stereocenters. The minimum Gasteiger partial charge on any atom is -0.339 e. The van der Waals surface area contributed by atoms with Gasteiger partial charge in [0.1, 0.15) is 0 Å². The van der Waals surface area contributed by atoms with Crippen LogP contribution in [0.15, 0.2) is 53.4 Å². The number of likely N-dealkylation sites (tertiary alicyclic amines) is 1. The summed E-state index contributed by atoms with van der Waals surface area (Å²) < 4.78 is 27.1. The fraction of sp³-hybridized carbons (Fsp3) is 0.375. The molecule has 2 aromatic carbocycles. The van der Waals surface area contributed by atoms with Crippen molar-refractivity contribution in [1.82, 2.24) is 9.21 Å². The zero-order valence-electron chi connectivity index (χ0n) is 18.2. The van der Waals surface area contributed by atoms with Crippen molar-refractivity contribution >= 4 is 27.5 Å². The number of nitriles is 1. The molecule has 2 aliphatic rings. The lowest BCUT2D eigenvalue weighted by Gasteiger charge is -2.30. The van der Waals surface area contributed by atoms with Crippen molar-refractivity contribution in [2.24, 2.45) is 5.92 Å². The Bertz CT molecular complexity index is 1170. The predicted molar refractivity (Wildman–Crippen MR) is 123 cm³/mol. The van der Waals surface area contributed by atoms with Gasteiger partial charge in [-0.05, 0) is 68.1 Å². The van der Waals surface area contributed by atoms with Gasteiger partial charge in [0, 0.05) is 43.3 Å². The first kappa shape index (κ1) is 23.0. The normalized spacial score (nSPS) is 17.5. The molecule has 0 aliphatic carbocycles. The number of carbonyl (C=O) groups is 2. The van der Waals surface area contributed by atoms with E-state index in [2.05, 4.69) is 5.32 Å². The molecule has 2 fully saturated rings. The van der Waals surface area contributed by atoms with E-state index >= 15 is 0 Å². The molecule has 0 atom stereocenters. The van der Waals surface area contributed by atoms with Crippen molar-refractivity contribution in [3.8, 4) is 6.07 Å². The number of piperidine rings is 1. The van der Waals surface area contributed by atoms with Crippen LogP contribution in [0.1, 0.15) is 41.6 Å². The van der Waals surface area contributed by atoms with Crippen LogP contribution in [0.4, 0.5) is 5.69 Å². The summed E-state index contributed by atoms with van der Waals surface area (Å²) >= 11 is 0. The van der Waals surface area contributed by atoms with Crippen molar-refractivity contribution in [2.45, 2.75) is 30.6 Å². The molecule has 33 heavy (non-hydrogen) atoms. The third kappa shape index (κ3) is 5.07. The van der Waals surface area contributed by atoms with Gasteiger partial charge in [0.2, 0.25) is 15.9 Å². The topological polar surface area (TPSA) is 111 Å². The Hall–Kier alpha value is -3.22. The first-order valence-corrected chi connectivity index (χ1v) is 12.5. The molecule has 0 saturated carbocycles. The van der Waals surface area contributed by atoms with Crippen molar-refractivity contribution in [3.05, 3.63) is 59.7 Å². The monoisotopic (exact) mass is 466 g/mol. The van der Waals surface area contributed by atoms with E-state index in [1.807, 2.05) is 11.0 Å². The van der Waals surface area contributed by atoms with Crippen molar-refractivity contribution < 1.29 is 18.0 Å². The van der Waals surface area contributed by atoms with Crippen molar-refractivity contribution in [3.63, 3.8) is 0 Å². The molecule has 8 nitrogen and oxygen atoms in total. The molecule has 2 aliphatic heterocycles. The van der Waals surface area contributed by atoms with Crippen LogP contribution in [-0.4, -0.2) is 55.6 Å². The second kappa shape index (κ2) is 9.73. The average molecular weight is 467 g/mol. The fourth-order valence-corrected chi connectivity index (χ4v) is 5.76. The summed E-state index contributed by atoms with van der Waals surface area (Å²) in [5.74, 6) is -0.503. The number of nitrogens with zero attached hydrogens (tertiary/aromatic N) is 3. The van der Waals surface area contributed by atoms with E-state index in [0.717, 1.165) is 25.9 Å². The van der Waals surface area contributed by atoms with Crippen LogP contribution >= 0.6 is 0 Å². The van der Waals surface area contributed by atoms with Crippen LogP contribution < -0.4 is 5.32 Å². The molecule has 0 aromatic heterocycles. The van der Waals surface area contributed by atoms with E-state index < -0.39 is 10.0 Å². The molecule has 2 heterocycles.